The molecule has 1 rings (SSSR count). The second-order valence-electron chi connectivity index (χ2n) is 5.46. The standard InChI is InChI=1S/C24H25N3S/c1-9-13-21-20(8)27-22(15-14-19(7)28-23(21)12-4)24(17(5)10-2)26-16-25-18(6)11-3/h9-16H,1-3,5-8H2,4H3/b15-14?,21-13-,23-12+,25-16?,26-24?,27-22?. The van der Waals surface area contributed by atoms with Crippen LogP contribution < -0.4 is 19.6 Å². The van der Waals surface area contributed by atoms with Crippen molar-refractivity contribution in [3.05, 3.63) is 99.9 Å². The first-order valence-electron chi connectivity index (χ1n) is 8.43. The Labute approximate surface area is 170 Å². The Morgan fingerprint density at radius 2 is 1.82 bits per heavy atom. The second-order valence-corrected chi connectivity index (χ2v) is 6.63. The lowest BCUT2D eigenvalue weighted by Crippen LogP contribution is -2.37. The molecule has 0 aliphatic heterocycles. The van der Waals surface area contributed by atoms with Crippen LogP contribution in [0.25, 0.3) is 25.3 Å². The predicted molar refractivity (Wildman–Crippen MR) is 128 cm³/mol. The van der Waals surface area contributed by atoms with E-state index in [1.54, 1.807) is 18.2 Å². The molecule has 142 valence electrons. The van der Waals surface area contributed by atoms with Crippen LogP contribution in [0.4, 0.5) is 0 Å². The number of aliphatic imine (C=N–C) groups is 2. The molecule has 0 aliphatic carbocycles. The number of rotatable bonds is 7. The Bertz CT molecular complexity index is 1140. The van der Waals surface area contributed by atoms with Gasteiger partial charge in [-0.3, -0.25) is 0 Å². The molecule has 0 aliphatic rings. The molecule has 1 heterocycles. The summed E-state index contributed by atoms with van der Waals surface area (Å²) in [6, 6.07) is 3.71. The van der Waals surface area contributed by atoms with E-state index in [4.69, 9.17) is 4.98 Å². The highest BCUT2D eigenvalue weighted by molar-refractivity contribution is 7.07. The van der Waals surface area contributed by atoms with Crippen molar-refractivity contribution in [3.63, 3.8) is 0 Å². The van der Waals surface area contributed by atoms with Crippen LogP contribution in [0.2, 0.25) is 0 Å². The monoisotopic (exact) mass is 387 g/mol. The van der Waals surface area contributed by atoms with E-state index in [9.17, 15) is 0 Å². The number of hydrogen-bond donors (Lipinski definition) is 0. The molecule has 0 radical (unpaired) electrons. The molecule has 4 heteroatoms. The Morgan fingerprint density at radius 1 is 1.11 bits per heavy atom. The van der Waals surface area contributed by atoms with Crippen molar-refractivity contribution in [2.24, 2.45) is 9.98 Å². The molecule has 0 fully saturated rings. The maximum absolute atomic E-state index is 4.70. The first-order chi connectivity index (χ1) is 13.4. The minimum atomic E-state index is 0.502. The van der Waals surface area contributed by atoms with Crippen LogP contribution in [-0.4, -0.2) is 17.0 Å². The summed E-state index contributed by atoms with van der Waals surface area (Å²) in [6.07, 6.45) is 10.1. The Kier molecular flexibility index (Phi) is 9.20. The van der Waals surface area contributed by atoms with Gasteiger partial charge in [0, 0.05) is 14.3 Å². The number of nitrogens with zero attached hydrogens (tertiary/aromatic N) is 3. The van der Waals surface area contributed by atoms with Crippen molar-refractivity contribution < 1.29 is 0 Å². The molecular weight excluding hydrogens is 362 g/mol. The first-order valence-corrected chi connectivity index (χ1v) is 9.25. The molecule has 0 aromatic carbocycles. The third-order valence-electron chi connectivity index (χ3n) is 3.49. The molecular formula is C24H25N3S. The van der Waals surface area contributed by atoms with Gasteiger partial charge in [0.15, 0.2) is 0 Å². The summed E-state index contributed by atoms with van der Waals surface area (Å²) in [5, 5.41) is 1.44. The lowest BCUT2D eigenvalue weighted by atomic mass is 10.1. The number of allylic oxidation sites excluding steroid dienone is 4. The van der Waals surface area contributed by atoms with Crippen molar-refractivity contribution in [1.29, 1.82) is 0 Å². The van der Waals surface area contributed by atoms with Gasteiger partial charge in [0.25, 0.3) is 0 Å². The summed E-state index contributed by atoms with van der Waals surface area (Å²) in [5.74, 6) is 0. The fourth-order valence-electron chi connectivity index (χ4n) is 2.05. The fourth-order valence-corrected chi connectivity index (χ4v) is 2.89. The molecule has 0 saturated heterocycles. The maximum atomic E-state index is 4.70. The Hall–Kier alpha value is -3.37. The van der Waals surface area contributed by atoms with E-state index in [2.05, 4.69) is 56.0 Å². The van der Waals surface area contributed by atoms with Gasteiger partial charge in [-0.2, -0.15) is 0 Å². The van der Waals surface area contributed by atoms with Gasteiger partial charge < -0.3 is 0 Å². The van der Waals surface area contributed by atoms with E-state index in [0.29, 0.717) is 28.0 Å². The molecule has 28 heavy (non-hydrogen) atoms. The quantitative estimate of drug-likeness (QED) is 0.402. The molecule has 0 bridgehead atoms. The second kappa shape index (κ2) is 11.4. The van der Waals surface area contributed by atoms with Gasteiger partial charge in [-0.15, -0.1) is 11.3 Å². The van der Waals surface area contributed by atoms with Gasteiger partial charge >= 0.3 is 0 Å². The van der Waals surface area contributed by atoms with E-state index in [-0.39, 0.29) is 0 Å². The van der Waals surface area contributed by atoms with Crippen molar-refractivity contribution in [2.75, 3.05) is 0 Å². The minimum absolute atomic E-state index is 0.502. The van der Waals surface area contributed by atoms with Crippen molar-refractivity contribution in [2.45, 2.75) is 6.92 Å². The summed E-state index contributed by atoms with van der Waals surface area (Å²) < 4.78 is 1.84. The van der Waals surface area contributed by atoms with Crippen LogP contribution in [0, 0.1) is 0 Å². The summed E-state index contributed by atoms with van der Waals surface area (Å²) in [6.45, 7) is 29.1. The minimum Gasteiger partial charge on any atom is -0.247 e. The van der Waals surface area contributed by atoms with E-state index < -0.39 is 0 Å². The van der Waals surface area contributed by atoms with E-state index in [1.165, 1.54) is 17.7 Å². The van der Waals surface area contributed by atoms with Crippen LogP contribution >= 0.6 is 11.3 Å². The van der Waals surface area contributed by atoms with Crippen LogP contribution in [0.5, 0.6) is 0 Å². The third-order valence-corrected chi connectivity index (χ3v) is 4.56. The average Bonchev–Trinajstić information content (AvgIpc) is 2.74. The zero-order valence-electron chi connectivity index (χ0n) is 16.3. The molecule has 1 aromatic heterocycles. The summed E-state index contributed by atoms with van der Waals surface area (Å²) in [5.41, 5.74) is 2.19. The zero-order valence-corrected chi connectivity index (χ0v) is 17.1. The number of aromatic nitrogens is 1. The van der Waals surface area contributed by atoms with Crippen molar-refractivity contribution in [1.82, 2.24) is 4.98 Å². The van der Waals surface area contributed by atoms with Gasteiger partial charge in [-0.1, -0.05) is 70.4 Å². The van der Waals surface area contributed by atoms with Gasteiger partial charge in [0.2, 0.25) is 0 Å². The lowest BCUT2D eigenvalue weighted by molar-refractivity contribution is 1.22. The molecule has 3 nitrogen and oxygen atoms in total. The number of hydrogen-bond acceptors (Lipinski definition) is 3. The first kappa shape index (κ1) is 22.7. The molecule has 0 unspecified atom stereocenters. The average molecular weight is 388 g/mol. The van der Waals surface area contributed by atoms with E-state index >= 15 is 0 Å². The van der Waals surface area contributed by atoms with Gasteiger partial charge in [-0.25, -0.2) is 15.0 Å². The van der Waals surface area contributed by atoms with Crippen LogP contribution in [0.15, 0.2) is 84.5 Å². The predicted octanol–water partition coefficient (Wildman–Crippen LogP) is 3.11. The summed E-state index contributed by atoms with van der Waals surface area (Å²) in [7, 11) is 0. The van der Waals surface area contributed by atoms with Gasteiger partial charge in [0.1, 0.15) is 6.34 Å². The Morgan fingerprint density at radius 3 is 2.39 bits per heavy atom. The summed E-state index contributed by atoms with van der Waals surface area (Å²) >= 11 is 1.54. The van der Waals surface area contributed by atoms with Crippen molar-refractivity contribution >= 4 is 48.7 Å². The van der Waals surface area contributed by atoms with Gasteiger partial charge in [-0.05, 0) is 30.7 Å². The largest absolute Gasteiger partial charge is 0.247 e. The topological polar surface area (TPSA) is 37.6 Å². The normalized spacial score (nSPS) is 12.5. The fraction of sp³-hybridized carbons (Fsp3) is 0.0417. The van der Waals surface area contributed by atoms with E-state index in [0.717, 1.165) is 14.3 Å². The smallest absolute Gasteiger partial charge is 0.116 e. The summed E-state index contributed by atoms with van der Waals surface area (Å²) in [4.78, 5) is 13.2. The third kappa shape index (κ3) is 6.41. The molecule has 0 saturated carbocycles. The van der Waals surface area contributed by atoms with Crippen LogP contribution in [-0.2, 0) is 0 Å². The van der Waals surface area contributed by atoms with Crippen molar-refractivity contribution in [3.8, 4) is 0 Å². The molecule has 0 spiro atoms. The van der Waals surface area contributed by atoms with Gasteiger partial charge in [0.05, 0.1) is 22.5 Å². The van der Waals surface area contributed by atoms with Crippen LogP contribution in [0.3, 0.4) is 0 Å². The molecule has 0 atom stereocenters. The van der Waals surface area contributed by atoms with E-state index in [1.807, 2.05) is 31.2 Å². The molecule has 0 N–H and O–H groups in total. The SMILES string of the molecule is C=C/C=c1/c(=C)nc(C(=NC=NC(=C)C=C)C(=C)C=C)ccc(=C)s/c1=C/C. The molecule has 1 aromatic rings. The lowest BCUT2D eigenvalue weighted by Gasteiger charge is -2.03. The highest BCUT2D eigenvalue weighted by atomic mass is 32.1. The van der Waals surface area contributed by atoms with Crippen LogP contribution in [0.1, 0.15) is 12.6 Å². The highest BCUT2D eigenvalue weighted by Crippen LogP contribution is 2.04. The zero-order chi connectivity index (χ0) is 21.1. The maximum Gasteiger partial charge on any atom is 0.116 e. The highest BCUT2D eigenvalue weighted by Gasteiger charge is 2.06. The molecule has 0 amide bonds. The Balaban J connectivity index is 4.01.